The highest BCUT2D eigenvalue weighted by Crippen LogP contribution is 2.15. The van der Waals surface area contributed by atoms with Gasteiger partial charge in [-0.25, -0.2) is 4.39 Å². The number of methoxy groups -OCH3 is 1. The Kier molecular flexibility index (Phi) is 7.62. The van der Waals surface area contributed by atoms with Crippen LogP contribution in [0.5, 0.6) is 0 Å². The quantitative estimate of drug-likeness (QED) is 0.683. The van der Waals surface area contributed by atoms with Gasteiger partial charge in [0.2, 0.25) is 0 Å². The SMILES string of the molecule is CNCC(CCCCOC)Cc1ccc(F)cc1. The second kappa shape index (κ2) is 9.06. The summed E-state index contributed by atoms with van der Waals surface area (Å²) in [7, 11) is 3.72. The summed E-state index contributed by atoms with van der Waals surface area (Å²) >= 11 is 0. The molecule has 0 aliphatic heterocycles. The first-order valence-corrected chi connectivity index (χ1v) is 6.64. The molecule has 2 nitrogen and oxygen atoms in total. The Hall–Kier alpha value is -0.930. The Morgan fingerprint density at radius 3 is 2.56 bits per heavy atom. The van der Waals surface area contributed by atoms with Crippen LogP contribution in [0, 0.1) is 11.7 Å². The van der Waals surface area contributed by atoms with Crippen LogP contribution in [-0.2, 0) is 11.2 Å². The molecular weight excluding hydrogens is 229 g/mol. The standard InChI is InChI=1S/C15H24FNO/c1-17-12-14(5-3-4-10-18-2)11-13-6-8-15(16)9-7-13/h6-9,14,17H,3-5,10-12H2,1-2H3. The molecule has 1 atom stereocenters. The van der Waals surface area contributed by atoms with Gasteiger partial charge in [0, 0.05) is 13.7 Å². The summed E-state index contributed by atoms with van der Waals surface area (Å²) in [6.07, 6.45) is 4.48. The minimum Gasteiger partial charge on any atom is -0.385 e. The third-order valence-corrected chi connectivity index (χ3v) is 3.14. The van der Waals surface area contributed by atoms with Gasteiger partial charge >= 0.3 is 0 Å². The highest BCUT2D eigenvalue weighted by atomic mass is 19.1. The van der Waals surface area contributed by atoms with E-state index in [9.17, 15) is 4.39 Å². The van der Waals surface area contributed by atoms with Crippen molar-refractivity contribution in [2.24, 2.45) is 5.92 Å². The van der Waals surface area contributed by atoms with Crippen molar-refractivity contribution in [2.45, 2.75) is 25.7 Å². The lowest BCUT2D eigenvalue weighted by molar-refractivity contribution is 0.190. The molecule has 0 aliphatic carbocycles. The summed E-state index contributed by atoms with van der Waals surface area (Å²) < 4.78 is 17.9. The maximum absolute atomic E-state index is 12.8. The third-order valence-electron chi connectivity index (χ3n) is 3.14. The Morgan fingerprint density at radius 1 is 1.22 bits per heavy atom. The number of halogens is 1. The van der Waals surface area contributed by atoms with Crippen LogP contribution < -0.4 is 5.32 Å². The van der Waals surface area contributed by atoms with E-state index in [-0.39, 0.29) is 5.82 Å². The van der Waals surface area contributed by atoms with Gasteiger partial charge in [0.15, 0.2) is 0 Å². The molecule has 0 aromatic heterocycles. The van der Waals surface area contributed by atoms with Gasteiger partial charge in [-0.3, -0.25) is 0 Å². The number of hydrogen-bond acceptors (Lipinski definition) is 2. The number of hydrogen-bond donors (Lipinski definition) is 1. The molecular formula is C15H24FNO. The fraction of sp³-hybridized carbons (Fsp3) is 0.600. The van der Waals surface area contributed by atoms with Gasteiger partial charge in [0.1, 0.15) is 5.82 Å². The predicted molar refractivity (Wildman–Crippen MR) is 73.2 cm³/mol. The zero-order valence-corrected chi connectivity index (χ0v) is 11.4. The number of ether oxygens (including phenoxy) is 1. The zero-order valence-electron chi connectivity index (χ0n) is 11.4. The average molecular weight is 253 g/mol. The van der Waals surface area contributed by atoms with Crippen LogP contribution >= 0.6 is 0 Å². The summed E-state index contributed by atoms with van der Waals surface area (Å²) in [4.78, 5) is 0. The second-order valence-electron chi connectivity index (χ2n) is 4.74. The van der Waals surface area contributed by atoms with Gasteiger partial charge in [-0.05, 0) is 56.5 Å². The molecule has 0 fully saturated rings. The van der Waals surface area contributed by atoms with Gasteiger partial charge in [-0.2, -0.15) is 0 Å². The average Bonchev–Trinajstić information content (AvgIpc) is 2.37. The molecule has 1 aromatic carbocycles. The van der Waals surface area contributed by atoms with Crippen LogP contribution in [-0.4, -0.2) is 27.3 Å². The van der Waals surface area contributed by atoms with Crippen LogP contribution in [0.15, 0.2) is 24.3 Å². The second-order valence-corrected chi connectivity index (χ2v) is 4.74. The largest absolute Gasteiger partial charge is 0.385 e. The van der Waals surface area contributed by atoms with E-state index in [4.69, 9.17) is 4.74 Å². The molecule has 1 unspecified atom stereocenters. The summed E-state index contributed by atoms with van der Waals surface area (Å²) in [6, 6.07) is 6.84. The van der Waals surface area contributed by atoms with Gasteiger partial charge < -0.3 is 10.1 Å². The van der Waals surface area contributed by atoms with Crippen molar-refractivity contribution in [2.75, 3.05) is 27.3 Å². The molecule has 18 heavy (non-hydrogen) atoms. The van der Waals surface area contributed by atoms with Crippen LogP contribution in [0.1, 0.15) is 24.8 Å². The highest BCUT2D eigenvalue weighted by Gasteiger charge is 2.08. The molecule has 0 bridgehead atoms. The zero-order chi connectivity index (χ0) is 13.2. The fourth-order valence-corrected chi connectivity index (χ4v) is 2.20. The molecule has 1 rings (SSSR count). The summed E-state index contributed by atoms with van der Waals surface area (Å²) in [5.41, 5.74) is 1.21. The van der Waals surface area contributed by atoms with Crippen LogP contribution in [0.4, 0.5) is 4.39 Å². The maximum atomic E-state index is 12.8. The summed E-state index contributed by atoms with van der Waals surface area (Å²) in [6.45, 7) is 1.84. The third kappa shape index (κ3) is 6.12. The molecule has 1 aromatic rings. The minimum atomic E-state index is -0.163. The van der Waals surface area contributed by atoms with Gasteiger partial charge in [0.05, 0.1) is 0 Å². The van der Waals surface area contributed by atoms with E-state index in [1.54, 1.807) is 7.11 Å². The van der Waals surface area contributed by atoms with E-state index >= 15 is 0 Å². The molecule has 102 valence electrons. The van der Waals surface area contributed by atoms with Crippen molar-refractivity contribution < 1.29 is 9.13 Å². The molecule has 0 aliphatic rings. The topological polar surface area (TPSA) is 21.3 Å². The monoisotopic (exact) mass is 253 g/mol. The van der Waals surface area contributed by atoms with E-state index in [0.29, 0.717) is 5.92 Å². The lowest BCUT2D eigenvalue weighted by Gasteiger charge is -2.16. The van der Waals surface area contributed by atoms with Crippen molar-refractivity contribution in [1.82, 2.24) is 5.32 Å². The Balaban J connectivity index is 2.38. The van der Waals surface area contributed by atoms with E-state index in [2.05, 4.69) is 5.32 Å². The first-order chi connectivity index (χ1) is 8.76. The fourth-order valence-electron chi connectivity index (χ4n) is 2.20. The smallest absolute Gasteiger partial charge is 0.123 e. The van der Waals surface area contributed by atoms with Crippen molar-refractivity contribution in [3.63, 3.8) is 0 Å². The predicted octanol–water partition coefficient (Wildman–Crippen LogP) is 3.02. The van der Waals surface area contributed by atoms with Crippen LogP contribution in [0.2, 0.25) is 0 Å². The molecule has 0 heterocycles. The molecule has 0 radical (unpaired) electrons. The molecule has 3 heteroatoms. The van der Waals surface area contributed by atoms with Crippen LogP contribution in [0.3, 0.4) is 0 Å². The van der Waals surface area contributed by atoms with Gasteiger partial charge in [-0.15, -0.1) is 0 Å². The van der Waals surface area contributed by atoms with Crippen molar-refractivity contribution in [1.29, 1.82) is 0 Å². The normalized spacial score (nSPS) is 12.6. The molecule has 0 saturated heterocycles. The van der Waals surface area contributed by atoms with Gasteiger partial charge in [0.25, 0.3) is 0 Å². The van der Waals surface area contributed by atoms with E-state index in [0.717, 1.165) is 26.0 Å². The minimum absolute atomic E-state index is 0.163. The number of unbranched alkanes of at least 4 members (excludes halogenated alkanes) is 1. The van der Waals surface area contributed by atoms with Crippen molar-refractivity contribution >= 4 is 0 Å². The molecule has 0 spiro atoms. The Morgan fingerprint density at radius 2 is 1.94 bits per heavy atom. The number of benzene rings is 1. The molecule has 1 N–H and O–H groups in total. The maximum Gasteiger partial charge on any atom is 0.123 e. The molecule has 0 amide bonds. The Bertz CT molecular complexity index is 313. The number of rotatable bonds is 9. The van der Waals surface area contributed by atoms with E-state index < -0.39 is 0 Å². The first-order valence-electron chi connectivity index (χ1n) is 6.64. The lowest BCUT2D eigenvalue weighted by atomic mass is 9.94. The van der Waals surface area contributed by atoms with Crippen molar-refractivity contribution in [3.05, 3.63) is 35.6 Å². The summed E-state index contributed by atoms with van der Waals surface area (Å²) in [5.74, 6) is 0.446. The summed E-state index contributed by atoms with van der Waals surface area (Å²) in [5, 5.41) is 3.24. The molecule has 0 saturated carbocycles. The van der Waals surface area contributed by atoms with E-state index in [1.807, 2.05) is 19.2 Å². The highest BCUT2D eigenvalue weighted by molar-refractivity contribution is 5.16. The van der Waals surface area contributed by atoms with Gasteiger partial charge in [-0.1, -0.05) is 18.6 Å². The van der Waals surface area contributed by atoms with Crippen molar-refractivity contribution in [3.8, 4) is 0 Å². The van der Waals surface area contributed by atoms with E-state index in [1.165, 1.54) is 30.5 Å². The number of nitrogens with one attached hydrogen (secondary N) is 1. The lowest BCUT2D eigenvalue weighted by Crippen LogP contribution is -2.21. The Labute approximate surface area is 110 Å². The first kappa shape index (κ1) is 15.1. The van der Waals surface area contributed by atoms with Crippen LogP contribution in [0.25, 0.3) is 0 Å².